The summed E-state index contributed by atoms with van der Waals surface area (Å²) in [6, 6.07) is 17.5. The minimum atomic E-state index is -0.668. The van der Waals surface area contributed by atoms with Crippen LogP contribution in [0.4, 0.5) is 5.69 Å². The lowest BCUT2D eigenvalue weighted by molar-refractivity contribution is -0.123. The number of aromatic nitrogens is 1. The van der Waals surface area contributed by atoms with Gasteiger partial charge in [-0.15, -0.1) is 0 Å². The highest BCUT2D eigenvalue weighted by Gasteiger charge is 2.61. The Morgan fingerprint density at radius 2 is 1.59 bits per heavy atom. The summed E-state index contributed by atoms with van der Waals surface area (Å²) in [5.74, 6) is -0.923. The van der Waals surface area contributed by atoms with Gasteiger partial charge in [0.25, 0.3) is 0 Å². The molecule has 2 aliphatic carbocycles. The lowest BCUT2D eigenvalue weighted by Crippen LogP contribution is -2.32. The zero-order chi connectivity index (χ0) is 30.9. The number of halogens is 2. The first kappa shape index (κ1) is 28.9. The number of amides is 2. The maximum atomic E-state index is 13.5. The van der Waals surface area contributed by atoms with Gasteiger partial charge in [0.1, 0.15) is 0 Å². The number of hydrogen-bond donors (Lipinski definition) is 0. The first-order chi connectivity index (χ1) is 21.1. The Morgan fingerprint density at radius 3 is 2.23 bits per heavy atom. The molecule has 2 bridgehead atoms. The van der Waals surface area contributed by atoms with Gasteiger partial charge in [0.05, 0.1) is 39.3 Å². The molecule has 1 aromatic heterocycles. The molecule has 9 heteroatoms. The van der Waals surface area contributed by atoms with E-state index in [4.69, 9.17) is 21.3 Å². The van der Waals surface area contributed by atoms with E-state index in [0.717, 1.165) is 24.8 Å². The molecule has 7 rings (SSSR count). The highest BCUT2D eigenvalue weighted by Crippen LogP contribution is 2.56. The molecule has 4 unspecified atom stereocenters. The molecule has 4 aromatic rings. The van der Waals surface area contributed by atoms with E-state index in [1.54, 1.807) is 48.5 Å². The molecule has 0 spiro atoms. The van der Waals surface area contributed by atoms with Crippen molar-refractivity contribution in [3.63, 3.8) is 0 Å². The molecule has 0 N–H and O–H groups in total. The van der Waals surface area contributed by atoms with Crippen LogP contribution in [-0.4, -0.2) is 35.2 Å². The summed E-state index contributed by atoms with van der Waals surface area (Å²) in [5.41, 5.74) is 4.61. The van der Waals surface area contributed by atoms with E-state index in [-0.39, 0.29) is 35.0 Å². The number of carbonyl (C=O) groups excluding carboxylic acids is 4. The molecular weight excluding hydrogens is 644 g/mol. The van der Waals surface area contributed by atoms with Gasteiger partial charge in [0.15, 0.2) is 12.4 Å². The summed E-state index contributed by atoms with van der Waals surface area (Å²) < 4.78 is 6.11. The molecule has 2 amide bonds. The Balaban J connectivity index is 1.20. The molecule has 2 saturated carbocycles. The van der Waals surface area contributed by atoms with Crippen molar-refractivity contribution in [2.45, 2.75) is 33.1 Å². The molecule has 3 fully saturated rings. The fourth-order valence-corrected chi connectivity index (χ4v) is 7.92. The first-order valence-corrected chi connectivity index (χ1v) is 15.8. The number of carbonyl (C=O) groups is 4. The number of hydrogen-bond acceptors (Lipinski definition) is 6. The molecule has 4 atom stereocenters. The average molecular weight is 672 g/mol. The van der Waals surface area contributed by atoms with E-state index in [0.29, 0.717) is 60.3 Å². The quantitative estimate of drug-likeness (QED) is 0.120. The zero-order valence-corrected chi connectivity index (χ0v) is 26.4. The van der Waals surface area contributed by atoms with Crippen molar-refractivity contribution in [1.29, 1.82) is 0 Å². The topological polar surface area (TPSA) is 93.6 Å². The van der Waals surface area contributed by atoms with Crippen LogP contribution in [0.15, 0.2) is 65.1 Å². The summed E-state index contributed by atoms with van der Waals surface area (Å²) in [5, 5.41) is 0.998. The second-order valence-electron chi connectivity index (χ2n) is 12.1. The summed E-state index contributed by atoms with van der Waals surface area (Å²) in [6.45, 7) is 3.34. The molecule has 44 heavy (non-hydrogen) atoms. The minimum Gasteiger partial charge on any atom is -0.454 e. The molecular formula is C35H28BrClN2O5. The van der Waals surface area contributed by atoms with Crippen molar-refractivity contribution < 1.29 is 23.9 Å². The fourth-order valence-electron chi connectivity index (χ4n) is 7.25. The maximum absolute atomic E-state index is 13.5. The number of rotatable bonds is 6. The summed E-state index contributed by atoms with van der Waals surface area (Å²) in [7, 11) is 0. The monoisotopic (exact) mass is 670 g/mol. The van der Waals surface area contributed by atoms with Crippen LogP contribution in [0.5, 0.6) is 0 Å². The third-order valence-electron chi connectivity index (χ3n) is 9.50. The van der Waals surface area contributed by atoms with E-state index >= 15 is 0 Å². The van der Waals surface area contributed by atoms with Gasteiger partial charge in [-0.25, -0.2) is 9.78 Å². The number of nitrogens with zero attached hydrogens (tertiary/aromatic N) is 2. The summed E-state index contributed by atoms with van der Waals surface area (Å²) in [4.78, 5) is 59.0. The second-order valence-corrected chi connectivity index (χ2v) is 13.3. The third-order valence-corrected chi connectivity index (χ3v) is 10.8. The number of pyridine rings is 1. The Labute approximate surface area is 267 Å². The first-order valence-electron chi connectivity index (χ1n) is 14.7. The van der Waals surface area contributed by atoms with Crippen molar-refractivity contribution in [2.24, 2.45) is 23.7 Å². The van der Waals surface area contributed by atoms with Crippen molar-refractivity contribution in [1.82, 2.24) is 4.98 Å². The van der Waals surface area contributed by atoms with Crippen LogP contribution in [0.2, 0.25) is 5.02 Å². The SMILES string of the molecule is Cc1ccc(C(=O)COC(=O)c2cc(-c3ccc(N4C(=O)C5C6CCC(C6)C5C4=O)cc3)nc3c(C)c(Cl)c(Br)cc23)cc1. The largest absolute Gasteiger partial charge is 0.454 e. The number of esters is 1. The molecule has 1 aliphatic heterocycles. The second kappa shape index (κ2) is 10.9. The Morgan fingerprint density at radius 1 is 0.955 bits per heavy atom. The van der Waals surface area contributed by atoms with E-state index in [9.17, 15) is 19.2 Å². The third kappa shape index (κ3) is 4.66. The molecule has 3 aliphatic rings. The molecule has 1 saturated heterocycles. The fraction of sp³-hybridized carbons (Fsp3) is 0.286. The summed E-state index contributed by atoms with van der Waals surface area (Å²) >= 11 is 10.0. The highest BCUT2D eigenvalue weighted by molar-refractivity contribution is 9.10. The van der Waals surface area contributed by atoms with Crippen molar-refractivity contribution >= 4 is 67.7 Å². The van der Waals surface area contributed by atoms with E-state index in [2.05, 4.69) is 15.9 Å². The van der Waals surface area contributed by atoms with Crippen LogP contribution < -0.4 is 4.90 Å². The average Bonchev–Trinajstić information content (AvgIpc) is 3.72. The predicted octanol–water partition coefficient (Wildman–Crippen LogP) is 7.51. The van der Waals surface area contributed by atoms with Crippen LogP contribution in [0, 0.1) is 37.5 Å². The van der Waals surface area contributed by atoms with Gasteiger partial charge >= 0.3 is 5.97 Å². The molecule has 3 aromatic carbocycles. The number of aryl methyl sites for hydroxylation is 2. The molecule has 7 nitrogen and oxygen atoms in total. The van der Waals surface area contributed by atoms with Gasteiger partial charge < -0.3 is 4.74 Å². The van der Waals surface area contributed by atoms with Crippen LogP contribution in [0.25, 0.3) is 22.2 Å². The number of fused-ring (bicyclic) bond motifs is 6. The maximum Gasteiger partial charge on any atom is 0.339 e. The smallest absolute Gasteiger partial charge is 0.339 e. The zero-order valence-electron chi connectivity index (χ0n) is 24.1. The Kier molecular flexibility index (Phi) is 7.17. The van der Waals surface area contributed by atoms with Crippen molar-refractivity contribution in [3.05, 3.63) is 92.4 Å². The molecule has 2 heterocycles. The Bertz CT molecular complexity index is 1860. The van der Waals surface area contributed by atoms with Gasteiger partial charge in [-0.05, 0) is 90.7 Å². The van der Waals surface area contributed by atoms with Gasteiger partial charge in [0.2, 0.25) is 11.8 Å². The van der Waals surface area contributed by atoms with E-state index in [1.807, 2.05) is 26.0 Å². The Hall–Kier alpha value is -3.88. The number of anilines is 1. The van der Waals surface area contributed by atoms with Crippen LogP contribution in [0.1, 0.15) is 51.1 Å². The standard InChI is InChI=1S/C35H28BrClN2O5/c1-17-3-5-20(6-4-17)28(40)16-44-35(43)25-15-27(38-32-18(2)31(37)26(36)14-24(25)32)19-9-11-23(12-10-19)39-33(41)29-21-7-8-22(13-21)30(29)34(39)42/h3-6,9-12,14-15,21-22,29-30H,7-8,13,16H2,1-2H3. The number of Topliss-reactive ketones (excluding diaryl/α,β-unsaturated/α-hetero) is 1. The highest BCUT2D eigenvalue weighted by atomic mass is 79.9. The number of ether oxygens (including phenoxy) is 1. The van der Waals surface area contributed by atoms with Gasteiger partial charge in [-0.3, -0.25) is 19.3 Å². The molecule has 0 radical (unpaired) electrons. The van der Waals surface area contributed by atoms with Crippen LogP contribution >= 0.6 is 27.5 Å². The van der Waals surface area contributed by atoms with Crippen LogP contribution in [0.3, 0.4) is 0 Å². The van der Waals surface area contributed by atoms with E-state index in [1.165, 1.54) is 4.90 Å². The molecule has 222 valence electrons. The lowest BCUT2D eigenvalue weighted by atomic mass is 9.81. The van der Waals surface area contributed by atoms with Gasteiger partial charge in [-0.1, -0.05) is 53.6 Å². The lowest BCUT2D eigenvalue weighted by Gasteiger charge is -2.19. The number of ketones is 1. The normalized spacial score (nSPS) is 22.1. The number of imide groups is 1. The van der Waals surface area contributed by atoms with E-state index < -0.39 is 12.6 Å². The number of benzene rings is 3. The van der Waals surface area contributed by atoms with Gasteiger partial charge in [0, 0.05) is 21.0 Å². The predicted molar refractivity (Wildman–Crippen MR) is 171 cm³/mol. The van der Waals surface area contributed by atoms with Gasteiger partial charge in [-0.2, -0.15) is 0 Å². The summed E-state index contributed by atoms with van der Waals surface area (Å²) in [6.07, 6.45) is 3.03. The van der Waals surface area contributed by atoms with Crippen LogP contribution in [-0.2, 0) is 14.3 Å². The minimum absolute atomic E-state index is 0.0927. The van der Waals surface area contributed by atoms with Crippen molar-refractivity contribution in [2.75, 3.05) is 11.5 Å². The van der Waals surface area contributed by atoms with Crippen molar-refractivity contribution in [3.8, 4) is 11.3 Å².